The summed E-state index contributed by atoms with van der Waals surface area (Å²) in [7, 11) is 0. The Balaban J connectivity index is 2.43. The highest BCUT2D eigenvalue weighted by Gasteiger charge is 2.25. The van der Waals surface area contributed by atoms with Gasteiger partial charge in [-0.2, -0.15) is 13.2 Å². The molecule has 3 N–H and O–H groups in total. The van der Waals surface area contributed by atoms with Crippen molar-refractivity contribution in [1.29, 1.82) is 0 Å². The molecule has 0 radical (unpaired) electrons. The minimum atomic E-state index is -4.16. The smallest absolute Gasteiger partial charge is 0.383 e. The summed E-state index contributed by atoms with van der Waals surface area (Å²) in [6.45, 7) is 0.240. The van der Waals surface area contributed by atoms with Crippen LogP contribution in [0.4, 0.5) is 30.5 Å². The second-order valence-corrected chi connectivity index (χ2v) is 3.89. The maximum absolute atomic E-state index is 11.9. The fraction of sp³-hybridized carbons (Fsp3) is 0.500. The van der Waals surface area contributed by atoms with Crippen LogP contribution in [0.1, 0.15) is 19.3 Å². The van der Waals surface area contributed by atoms with Gasteiger partial charge in [0.2, 0.25) is 0 Å². The summed E-state index contributed by atoms with van der Waals surface area (Å²) in [6, 6.07) is 2.29. The third-order valence-corrected chi connectivity index (χ3v) is 2.23. The molecule has 19 heavy (non-hydrogen) atoms. The fourth-order valence-electron chi connectivity index (χ4n) is 1.40. The first-order chi connectivity index (χ1) is 8.78. The van der Waals surface area contributed by atoms with Crippen LogP contribution in [0.15, 0.2) is 12.1 Å². The predicted molar refractivity (Wildman–Crippen MR) is 63.7 cm³/mol. The molecule has 0 unspecified atom stereocenters. The number of pyridine rings is 1. The molecule has 1 rings (SSSR count). The Kier molecular flexibility index (Phi) is 4.90. The number of nitrogen functional groups attached to an aromatic ring is 1. The Morgan fingerprint density at radius 1 is 1.37 bits per heavy atom. The number of nitrogens with two attached hydrogens (primary N) is 1. The van der Waals surface area contributed by atoms with Crippen LogP contribution >= 0.6 is 0 Å². The summed E-state index contributed by atoms with van der Waals surface area (Å²) >= 11 is 0. The van der Waals surface area contributed by atoms with Crippen molar-refractivity contribution in [1.82, 2.24) is 4.98 Å². The number of anilines is 2. The second-order valence-electron chi connectivity index (χ2n) is 3.89. The van der Waals surface area contributed by atoms with Gasteiger partial charge in [-0.1, -0.05) is 0 Å². The molecule has 9 heteroatoms. The van der Waals surface area contributed by atoms with Crippen molar-refractivity contribution in [3.8, 4) is 0 Å². The maximum atomic E-state index is 11.9. The molecule has 1 aromatic rings. The van der Waals surface area contributed by atoms with Gasteiger partial charge >= 0.3 is 6.18 Å². The van der Waals surface area contributed by atoms with E-state index >= 15 is 0 Å². The van der Waals surface area contributed by atoms with Crippen molar-refractivity contribution in [2.24, 2.45) is 0 Å². The van der Waals surface area contributed by atoms with Crippen LogP contribution in [0.25, 0.3) is 0 Å². The molecule has 0 spiro atoms. The molecule has 0 amide bonds. The van der Waals surface area contributed by atoms with Crippen molar-refractivity contribution < 1.29 is 18.1 Å². The van der Waals surface area contributed by atoms with Crippen LogP contribution < -0.4 is 11.1 Å². The SMILES string of the molecule is Nc1cc([N+](=O)[O-])cc(NCCCCC(F)(F)F)n1. The lowest BCUT2D eigenvalue weighted by atomic mass is 10.2. The number of nitrogens with one attached hydrogen (secondary N) is 1. The number of alkyl halides is 3. The Morgan fingerprint density at radius 2 is 2.05 bits per heavy atom. The molecule has 1 heterocycles. The number of nitro groups is 1. The molecule has 0 aliphatic carbocycles. The molecule has 0 atom stereocenters. The zero-order valence-corrected chi connectivity index (χ0v) is 9.91. The van der Waals surface area contributed by atoms with E-state index in [0.29, 0.717) is 0 Å². The zero-order valence-electron chi connectivity index (χ0n) is 9.91. The molecule has 0 aromatic carbocycles. The van der Waals surface area contributed by atoms with E-state index in [1.807, 2.05) is 0 Å². The van der Waals surface area contributed by atoms with Gasteiger partial charge in [0.15, 0.2) is 0 Å². The van der Waals surface area contributed by atoms with E-state index < -0.39 is 17.5 Å². The number of halogens is 3. The van der Waals surface area contributed by atoms with Gasteiger partial charge in [0.25, 0.3) is 5.69 Å². The van der Waals surface area contributed by atoms with E-state index in [1.54, 1.807) is 0 Å². The van der Waals surface area contributed by atoms with Crippen molar-refractivity contribution >= 4 is 17.3 Å². The van der Waals surface area contributed by atoms with Gasteiger partial charge in [-0.3, -0.25) is 10.1 Å². The van der Waals surface area contributed by atoms with Gasteiger partial charge in [0, 0.05) is 13.0 Å². The van der Waals surface area contributed by atoms with Gasteiger partial charge in [0.1, 0.15) is 11.6 Å². The van der Waals surface area contributed by atoms with Crippen LogP contribution in [-0.2, 0) is 0 Å². The lowest BCUT2D eigenvalue weighted by molar-refractivity contribution is -0.384. The Labute approximate surface area is 107 Å². The van der Waals surface area contributed by atoms with Crippen LogP contribution in [0.3, 0.4) is 0 Å². The van der Waals surface area contributed by atoms with E-state index in [9.17, 15) is 23.3 Å². The predicted octanol–water partition coefficient (Wildman–Crippen LogP) is 2.72. The Hall–Kier alpha value is -2.06. The molecule has 0 saturated carbocycles. The summed E-state index contributed by atoms with van der Waals surface area (Å²) in [5.41, 5.74) is 5.16. The highest BCUT2D eigenvalue weighted by Crippen LogP contribution is 2.22. The van der Waals surface area contributed by atoms with Crippen LogP contribution in [0, 0.1) is 10.1 Å². The minimum absolute atomic E-state index is 0.0130. The summed E-state index contributed by atoms with van der Waals surface area (Å²) in [5, 5.41) is 13.3. The summed E-state index contributed by atoms with van der Waals surface area (Å²) in [4.78, 5) is 13.7. The van der Waals surface area contributed by atoms with Gasteiger partial charge < -0.3 is 11.1 Å². The van der Waals surface area contributed by atoms with E-state index in [0.717, 1.165) is 6.07 Å². The first-order valence-electron chi connectivity index (χ1n) is 5.50. The number of hydrogen-bond acceptors (Lipinski definition) is 5. The first kappa shape index (κ1) is 15.0. The normalized spacial score (nSPS) is 11.3. The Morgan fingerprint density at radius 3 is 2.63 bits per heavy atom. The van der Waals surface area contributed by atoms with E-state index in [1.165, 1.54) is 6.07 Å². The summed E-state index contributed by atoms with van der Waals surface area (Å²) < 4.78 is 35.6. The monoisotopic (exact) mass is 278 g/mol. The van der Waals surface area contributed by atoms with E-state index in [2.05, 4.69) is 10.3 Å². The number of rotatable bonds is 6. The molecule has 0 fully saturated rings. The third-order valence-electron chi connectivity index (χ3n) is 2.23. The Bertz CT molecular complexity index is 451. The number of hydrogen-bond donors (Lipinski definition) is 2. The molecular weight excluding hydrogens is 265 g/mol. The lowest BCUT2D eigenvalue weighted by Gasteiger charge is -2.07. The molecule has 0 bridgehead atoms. The van der Waals surface area contributed by atoms with Crippen LogP contribution in [-0.4, -0.2) is 22.6 Å². The van der Waals surface area contributed by atoms with Gasteiger partial charge in [-0.05, 0) is 12.8 Å². The molecule has 0 aliphatic heterocycles. The van der Waals surface area contributed by atoms with Gasteiger partial charge in [-0.25, -0.2) is 4.98 Å². The van der Waals surface area contributed by atoms with Gasteiger partial charge in [0.05, 0.1) is 17.1 Å². The van der Waals surface area contributed by atoms with Crippen LogP contribution in [0.5, 0.6) is 0 Å². The topological polar surface area (TPSA) is 94.1 Å². The van der Waals surface area contributed by atoms with Crippen molar-refractivity contribution in [2.75, 3.05) is 17.6 Å². The van der Waals surface area contributed by atoms with Crippen molar-refractivity contribution in [2.45, 2.75) is 25.4 Å². The number of unbranched alkanes of at least 4 members (excludes halogenated alkanes) is 1. The number of nitrogens with zero attached hydrogens (tertiary/aromatic N) is 2. The average Bonchev–Trinajstić information content (AvgIpc) is 2.26. The fourth-order valence-corrected chi connectivity index (χ4v) is 1.40. The molecule has 1 aromatic heterocycles. The molecule has 0 saturated heterocycles. The highest BCUT2D eigenvalue weighted by molar-refractivity contribution is 5.52. The largest absolute Gasteiger partial charge is 0.389 e. The van der Waals surface area contributed by atoms with Crippen molar-refractivity contribution in [3.05, 3.63) is 22.2 Å². The van der Waals surface area contributed by atoms with E-state index in [-0.39, 0.29) is 36.7 Å². The summed E-state index contributed by atoms with van der Waals surface area (Å²) in [5.74, 6) is 0.158. The maximum Gasteiger partial charge on any atom is 0.389 e. The molecule has 106 valence electrons. The molecule has 6 nitrogen and oxygen atoms in total. The minimum Gasteiger partial charge on any atom is -0.383 e. The zero-order chi connectivity index (χ0) is 14.5. The lowest BCUT2D eigenvalue weighted by Crippen LogP contribution is -2.09. The van der Waals surface area contributed by atoms with E-state index in [4.69, 9.17) is 5.73 Å². The molecular formula is C10H13F3N4O2. The second kappa shape index (κ2) is 6.21. The van der Waals surface area contributed by atoms with Gasteiger partial charge in [-0.15, -0.1) is 0 Å². The first-order valence-corrected chi connectivity index (χ1v) is 5.50. The van der Waals surface area contributed by atoms with Crippen LogP contribution in [0.2, 0.25) is 0 Å². The summed E-state index contributed by atoms with van der Waals surface area (Å²) in [6.07, 6.45) is -4.74. The number of aromatic nitrogens is 1. The standard InChI is InChI=1S/C10H13F3N4O2/c11-10(12,13)3-1-2-4-15-9-6-7(17(18)19)5-8(14)16-9/h5-6H,1-4H2,(H3,14,15,16). The third kappa shape index (κ3) is 5.89. The quantitative estimate of drug-likeness (QED) is 0.474. The van der Waals surface area contributed by atoms with Crippen molar-refractivity contribution in [3.63, 3.8) is 0 Å². The average molecular weight is 278 g/mol. The molecule has 0 aliphatic rings. The highest BCUT2D eigenvalue weighted by atomic mass is 19.4.